The third-order valence-corrected chi connectivity index (χ3v) is 10.5. The van der Waals surface area contributed by atoms with Crippen molar-refractivity contribution < 1.29 is 20.1 Å². The molecule has 9 rings (SSSR count). The number of hydrogen-bond donors (Lipinski definition) is 0. The van der Waals surface area contributed by atoms with Gasteiger partial charge in [0.2, 0.25) is 0 Å². The van der Waals surface area contributed by atoms with Gasteiger partial charge in [-0.3, -0.25) is 0 Å². The molecule has 0 fully saturated rings. The summed E-state index contributed by atoms with van der Waals surface area (Å²) in [6, 6.07) is 39.1. The van der Waals surface area contributed by atoms with E-state index in [1.807, 2.05) is 42.6 Å². The minimum Gasteiger partial charge on any atom is -0.433 e. The first-order chi connectivity index (χ1) is 21.7. The summed E-state index contributed by atoms with van der Waals surface area (Å²) in [6.45, 7) is 0. The maximum Gasteiger partial charge on any atom is 0.150 e. The van der Waals surface area contributed by atoms with E-state index in [1.165, 1.54) is 33.0 Å². The number of imidazole rings is 1. The van der Waals surface area contributed by atoms with Crippen molar-refractivity contribution in [3.63, 3.8) is 0 Å². The van der Waals surface area contributed by atoms with Crippen molar-refractivity contribution in [1.82, 2.24) is 24.9 Å². The van der Waals surface area contributed by atoms with Gasteiger partial charge in [0, 0.05) is 64.2 Å². The molecule has 4 aromatic carbocycles. The molecule has 221 valence electrons. The molecule has 9 heteroatoms. The number of para-hydroxylation sites is 4. The Kier molecular flexibility index (Phi) is 7.72. The van der Waals surface area contributed by atoms with E-state index < -0.39 is 7.92 Å². The van der Waals surface area contributed by atoms with Crippen LogP contribution in [0.1, 0.15) is 0 Å². The minimum absolute atomic E-state index is 0. The molecule has 1 unspecified atom stereocenters. The van der Waals surface area contributed by atoms with Crippen LogP contribution < -0.4 is 30.7 Å². The molecule has 1 atom stereocenters. The van der Waals surface area contributed by atoms with Gasteiger partial charge in [0.05, 0.1) is 0 Å². The third kappa shape index (κ3) is 5.01. The number of pyridine rings is 1. The second kappa shape index (κ2) is 12.0. The van der Waals surface area contributed by atoms with Crippen molar-refractivity contribution in [3.8, 4) is 22.9 Å². The first-order valence-electron chi connectivity index (χ1n) is 14.3. The second-order valence-corrected chi connectivity index (χ2v) is 12.6. The van der Waals surface area contributed by atoms with Crippen LogP contribution in [0.15, 0.2) is 122 Å². The van der Waals surface area contributed by atoms with E-state index in [9.17, 15) is 0 Å². The first kappa shape index (κ1) is 29.0. The number of anilines is 4. The largest absolute Gasteiger partial charge is 0.433 e. The Morgan fingerprint density at radius 2 is 1.31 bits per heavy atom. The summed E-state index contributed by atoms with van der Waals surface area (Å²) in [5.74, 6) is 1.14. The Balaban J connectivity index is 0.000000172. The number of benzene rings is 4. The van der Waals surface area contributed by atoms with E-state index in [0.29, 0.717) is 11.6 Å². The van der Waals surface area contributed by atoms with Crippen LogP contribution >= 0.6 is 7.92 Å². The van der Waals surface area contributed by atoms with Gasteiger partial charge in [-0.15, -0.1) is 17.7 Å². The van der Waals surface area contributed by atoms with Gasteiger partial charge in [0.1, 0.15) is 0 Å². The van der Waals surface area contributed by atoms with Gasteiger partial charge in [-0.05, 0) is 82.0 Å². The van der Waals surface area contributed by atoms with Gasteiger partial charge in [0.25, 0.3) is 0 Å². The van der Waals surface area contributed by atoms with E-state index in [-0.39, 0.29) is 20.1 Å². The fourth-order valence-corrected chi connectivity index (χ4v) is 8.82. The van der Waals surface area contributed by atoms with Gasteiger partial charge in [0.15, 0.2) is 5.82 Å². The quantitative estimate of drug-likeness (QED) is 0.155. The van der Waals surface area contributed by atoms with Crippen molar-refractivity contribution in [3.05, 3.63) is 128 Å². The van der Waals surface area contributed by atoms with Gasteiger partial charge in [-0.1, -0.05) is 72.8 Å². The fourth-order valence-electron chi connectivity index (χ4n) is 5.84. The van der Waals surface area contributed by atoms with Gasteiger partial charge in [-0.2, -0.15) is 0 Å². The minimum atomic E-state index is -0.621. The second-order valence-electron chi connectivity index (χ2n) is 10.5. The maximum absolute atomic E-state index is 4.59. The number of hydrogen-bond acceptors (Lipinski definition) is 6. The number of nitrogens with zero attached hydrogens (tertiary/aromatic N) is 7. The first-order valence-corrected chi connectivity index (χ1v) is 15.7. The van der Waals surface area contributed by atoms with E-state index >= 15 is 0 Å². The summed E-state index contributed by atoms with van der Waals surface area (Å²) in [6.07, 6.45) is 5.21. The summed E-state index contributed by atoms with van der Waals surface area (Å²) < 4.78 is 0. The van der Waals surface area contributed by atoms with Crippen LogP contribution in [0.3, 0.4) is 0 Å². The Hall–Kier alpha value is -4.74. The molecule has 0 aliphatic carbocycles. The van der Waals surface area contributed by atoms with Crippen LogP contribution in [-0.2, 0) is 20.1 Å². The zero-order valence-electron chi connectivity index (χ0n) is 24.5. The van der Waals surface area contributed by atoms with E-state index in [2.05, 4.69) is 116 Å². The number of fused-ring (bicyclic) bond motifs is 5. The molecule has 0 bridgehead atoms. The molecular formula is C36H26IrN7P-2. The predicted octanol–water partition coefficient (Wildman–Crippen LogP) is 6.12. The molecule has 45 heavy (non-hydrogen) atoms. The third-order valence-electron chi connectivity index (χ3n) is 7.93. The van der Waals surface area contributed by atoms with Crippen molar-refractivity contribution in [1.29, 1.82) is 0 Å². The zero-order chi connectivity index (χ0) is 29.6. The molecule has 0 amide bonds. The SMILES string of the molecule is CN1c2[c-]c(-c3ccccn3)cc3c2P(c2ccccc21)c1ccccc1N3C.[Ir].c1cnc(-c2nc3ccccc3[n-]2)nc1. The van der Waals surface area contributed by atoms with Crippen LogP contribution in [0.4, 0.5) is 22.7 Å². The van der Waals surface area contributed by atoms with Gasteiger partial charge in [-0.25, -0.2) is 9.97 Å². The van der Waals surface area contributed by atoms with E-state index in [1.54, 1.807) is 18.5 Å². The van der Waals surface area contributed by atoms with Gasteiger partial charge >= 0.3 is 0 Å². The Morgan fingerprint density at radius 3 is 2.02 bits per heavy atom. The molecule has 0 N–H and O–H groups in total. The fraction of sp³-hybridized carbons (Fsp3) is 0.0556. The summed E-state index contributed by atoms with van der Waals surface area (Å²) in [5.41, 5.74) is 8.71. The van der Waals surface area contributed by atoms with Crippen LogP contribution in [0.5, 0.6) is 0 Å². The predicted molar refractivity (Wildman–Crippen MR) is 179 cm³/mol. The Labute approximate surface area is 276 Å². The van der Waals surface area contributed by atoms with Crippen molar-refractivity contribution in [2.45, 2.75) is 0 Å². The molecule has 1 radical (unpaired) electrons. The topological polar surface area (TPSA) is 72.1 Å². The Bertz CT molecular complexity index is 2030. The number of rotatable bonds is 2. The Morgan fingerprint density at radius 1 is 0.667 bits per heavy atom. The summed E-state index contributed by atoms with van der Waals surface area (Å²) >= 11 is 0. The summed E-state index contributed by atoms with van der Waals surface area (Å²) in [4.78, 5) is 26.1. The normalized spacial score (nSPS) is 14.0. The van der Waals surface area contributed by atoms with Crippen molar-refractivity contribution in [2.24, 2.45) is 0 Å². The molecule has 0 saturated heterocycles. The molecule has 7 nitrogen and oxygen atoms in total. The monoisotopic (exact) mass is 780 g/mol. The molecule has 5 heterocycles. The average molecular weight is 780 g/mol. The molecule has 7 aromatic rings. The number of aromatic nitrogens is 5. The van der Waals surface area contributed by atoms with Crippen LogP contribution in [0.2, 0.25) is 0 Å². The average Bonchev–Trinajstić information content (AvgIpc) is 3.54. The van der Waals surface area contributed by atoms with Crippen molar-refractivity contribution >= 4 is 57.6 Å². The van der Waals surface area contributed by atoms with E-state index in [0.717, 1.165) is 28.0 Å². The smallest absolute Gasteiger partial charge is 0.150 e. The van der Waals surface area contributed by atoms with Crippen molar-refractivity contribution in [2.75, 3.05) is 23.9 Å². The summed E-state index contributed by atoms with van der Waals surface area (Å²) in [7, 11) is 3.70. The zero-order valence-corrected chi connectivity index (χ0v) is 27.7. The molecule has 2 aliphatic heterocycles. The molecule has 0 spiro atoms. The molecule has 3 aromatic heterocycles. The molecule has 0 saturated carbocycles. The maximum atomic E-state index is 4.59. The standard InChI is InChI=1S/C25H19N3P.C11H7N4.Ir/c1-27-19-10-3-5-12-23(19)29-24-13-6-4-11-20(24)28(2)22-16-17(15-21(27)25(22)29)18-9-7-8-14-26-18;1-2-5-9-8(4-1)14-11(15-9)10-12-6-3-7-13-10;/h3-15H,1-2H3;1-7H;/q2*-1;. The molecule has 2 aliphatic rings. The van der Waals surface area contributed by atoms with Crippen LogP contribution in [-0.4, -0.2) is 34.0 Å². The van der Waals surface area contributed by atoms with E-state index in [4.69, 9.17) is 0 Å². The molecular weight excluding hydrogens is 754 g/mol. The summed E-state index contributed by atoms with van der Waals surface area (Å²) in [5, 5.41) is 4.22. The van der Waals surface area contributed by atoms with Crippen LogP contribution in [0.25, 0.3) is 33.9 Å². The van der Waals surface area contributed by atoms with Gasteiger partial charge < -0.3 is 24.8 Å². The van der Waals surface area contributed by atoms with Crippen LogP contribution in [0, 0.1) is 6.07 Å².